The topological polar surface area (TPSA) is 56.1 Å². The highest BCUT2D eigenvalue weighted by atomic mass is 16.5. The second-order valence-corrected chi connectivity index (χ2v) is 9.45. The number of fused-ring (bicyclic) bond motifs is 2. The highest BCUT2D eigenvalue weighted by Gasteiger charge is 2.44. The van der Waals surface area contributed by atoms with E-state index in [1.165, 1.54) is 11.1 Å². The lowest BCUT2D eigenvalue weighted by Crippen LogP contribution is -2.40. The smallest absolute Gasteiger partial charge is 0.213 e. The van der Waals surface area contributed by atoms with E-state index < -0.39 is 0 Å². The third-order valence-corrected chi connectivity index (χ3v) is 7.33. The Bertz CT molecular complexity index is 1230. The molecule has 2 fully saturated rings. The van der Waals surface area contributed by atoms with Gasteiger partial charge in [0.2, 0.25) is 5.88 Å². The SMILES string of the molecule is Cc1nc2ccccc2n1[C@H]1C[C@H]2CN(Cc3ccncc3)C[C@H]2C[C@@H]1Oc1ccccn1. The molecule has 168 valence electrons. The number of ether oxygens (including phenoxy) is 1. The predicted octanol–water partition coefficient (Wildman–Crippen LogP) is 4.67. The number of pyridine rings is 2. The monoisotopic (exact) mass is 439 g/mol. The van der Waals surface area contributed by atoms with Gasteiger partial charge in [0.15, 0.2) is 0 Å². The number of nitrogens with zero attached hydrogens (tertiary/aromatic N) is 5. The van der Waals surface area contributed by atoms with Crippen LogP contribution in [-0.4, -0.2) is 43.6 Å². The number of imidazole rings is 1. The molecule has 1 aliphatic carbocycles. The van der Waals surface area contributed by atoms with E-state index in [1.54, 1.807) is 6.20 Å². The maximum absolute atomic E-state index is 6.57. The van der Waals surface area contributed by atoms with Crippen molar-refractivity contribution in [1.29, 1.82) is 0 Å². The highest BCUT2D eigenvalue weighted by Crippen LogP contribution is 2.44. The van der Waals surface area contributed by atoms with E-state index in [9.17, 15) is 0 Å². The molecule has 4 atom stereocenters. The maximum Gasteiger partial charge on any atom is 0.213 e. The summed E-state index contributed by atoms with van der Waals surface area (Å²) in [5.41, 5.74) is 3.58. The summed E-state index contributed by atoms with van der Waals surface area (Å²) in [6.07, 6.45) is 7.77. The largest absolute Gasteiger partial charge is 0.472 e. The molecule has 3 aromatic heterocycles. The van der Waals surface area contributed by atoms with Crippen LogP contribution in [0.15, 0.2) is 73.2 Å². The number of para-hydroxylation sites is 2. The molecule has 0 N–H and O–H groups in total. The Labute approximate surface area is 194 Å². The fourth-order valence-electron chi connectivity index (χ4n) is 5.92. The first kappa shape index (κ1) is 20.4. The maximum atomic E-state index is 6.57. The van der Waals surface area contributed by atoms with Crippen molar-refractivity contribution in [3.05, 3.63) is 84.6 Å². The van der Waals surface area contributed by atoms with Gasteiger partial charge in [-0.1, -0.05) is 18.2 Å². The molecule has 1 aliphatic heterocycles. The summed E-state index contributed by atoms with van der Waals surface area (Å²) in [6, 6.07) is 18.8. The van der Waals surface area contributed by atoms with Gasteiger partial charge in [0, 0.05) is 44.3 Å². The summed E-state index contributed by atoms with van der Waals surface area (Å²) in [6.45, 7) is 5.35. The molecule has 0 spiro atoms. The van der Waals surface area contributed by atoms with Gasteiger partial charge in [-0.2, -0.15) is 0 Å². The molecule has 6 nitrogen and oxygen atoms in total. The molecule has 0 amide bonds. The predicted molar refractivity (Wildman–Crippen MR) is 128 cm³/mol. The van der Waals surface area contributed by atoms with Crippen LogP contribution in [-0.2, 0) is 6.54 Å². The van der Waals surface area contributed by atoms with Crippen LogP contribution in [0.25, 0.3) is 11.0 Å². The summed E-state index contributed by atoms with van der Waals surface area (Å²) in [5.74, 6) is 3.05. The number of likely N-dealkylation sites (tertiary alicyclic amines) is 1. The lowest BCUT2D eigenvalue weighted by molar-refractivity contribution is 0.0522. The molecule has 4 aromatic rings. The standard InChI is InChI=1S/C27H29N5O/c1-19-30-23-6-2-3-7-24(23)32(19)25-14-21-17-31(16-20-9-12-28-13-10-20)18-22(21)15-26(25)33-27-8-4-5-11-29-27/h2-13,21-22,25-26H,14-18H2,1H3/t21-,22+,25-,26-/m0/s1. The molecular formula is C27H29N5O. The molecule has 0 unspecified atom stereocenters. The van der Waals surface area contributed by atoms with Gasteiger partial charge in [-0.25, -0.2) is 9.97 Å². The van der Waals surface area contributed by atoms with Crippen molar-refractivity contribution in [3.8, 4) is 5.88 Å². The number of hydrogen-bond acceptors (Lipinski definition) is 5. The van der Waals surface area contributed by atoms with E-state index in [4.69, 9.17) is 9.72 Å². The molecular weight excluding hydrogens is 410 g/mol. The number of rotatable bonds is 5. The first-order chi connectivity index (χ1) is 16.2. The highest BCUT2D eigenvalue weighted by molar-refractivity contribution is 5.76. The van der Waals surface area contributed by atoms with Crippen LogP contribution in [0.3, 0.4) is 0 Å². The Kier molecular flexibility index (Phi) is 5.30. The molecule has 6 rings (SSSR count). The van der Waals surface area contributed by atoms with Gasteiger partial charge in [0.05, 0.1) is 17.1 Å². The van der Waals surface area contributed by atoms with Crippen LogP contribution in [0.2, 0.25) is 0 Å². The van der Waals surface area contributed by atoms with Gasteiger partial charge < -0.3 is 9.30 Å². The van der Waals surface area contributed by atoms with E-state index in [0.717, 1.165) is 43.8 Å². The molecule has 2 aliphatic rings. The summed E-state index contributed by atoms with van der Waals surface area (Å²) in [4.78, 5) is 16.1. The normalized spacial score (nSPS) is 25.2. The molecule has 33 heavy (non-hydrogen) atoms. The van der Waals surface area contributed by atoms with Gasteiger partial charge >= 0.3 is 0 Å². The summed E-state index contributed by atoms with van der Waals surface area (Å²) in [5, 5.41) is 0. The lowest BCUT2D eigenvalue weighted by Gasteiger charge is -2.39. The third-order valence-electron chi connectivity index (χ3n) is 7.33. The minimum atomic E-state index is 0.0679. The minimum Gasteiger partial charge on any atom is -0.472 e. The molecule has 1 saturated heterocycles. The van der Waals surface area contributed by atoms with E-state index >= 15 is 0 Å². The Hall–Kier alpha value is -3.25. The van der Waals surface area contributed by atoms with Crippen LogP contribution < -0.4 is 4.74 Å². The fourth-order valence-corrected chi connectivity index (χ4v) is 5.92. The zero-order chi connectivity index (χ0) is 22.2. The Morgan fingerprint density at radius 2 is 1.70 bits per heavy atom. The van der Waals surface area contributed by atoms with Crippen LogP contribution in [0.1, 0.15) is 30.3 Å². The van der Waals surface area contributed by atoms with Crippen molar-refractivity contribution < 1.29 is 4.74 Å². The molecule has 6 heteroatoms. The Morgan fingerprint density at radius 3 is 2.52 bits per heavy atom. The van der Waals surface area contributed by atoms with Gasteiger partial charge in [0.1, 0.15) is 11.9 Å². The molecule has 1 saturated carbocycles. The van der Waals surface area contributed by atoms with E-state index in [2.05, 4.69) is 62.8 Å². The van der Waals surface area contributed by atoms with Crippen LogP contribution in [0.5, 0.6) is 5.88 Å². The quantitative estimate of drug-likeness (QED) is 0.452. The average molecular weight is 440 g/mol. The molecule has 1 aromatic carbocycles. The van der Waals surface area contributed by atoms with Crippen LogP contribution in [0.4, 0.5) is 0 Å². The number of aryl methyl sites for hydroxylation is 1. The second-order valence-electron chi connectivity index (χ2n) is 9.45. The number of hydrogen-bond donors (Lipinski definition) is 0. The van der Waals surface area contributed by atoms with Crippen LogP contribution >= 0.6 is 0 Å². The molecule has 0 radical (unpaired) electrons. The van der Waals surface area contributed by atoms with Crippen LogP contribution in [0, 0.1) is 18.8 Å². The number of aromatic nitrogens is 4. The first-order valence-corrected chi connectivity index (χ1v) is 11.9. The van der Waals surface area contributed by atoms with Crippen molar-refractivity contribution >= 4 is 11.0 Å². The molecule has 4 heterocycles. The summed E-state index contributed by atoms with van der Waals surface area (Å²) >= 11 is 0. The number of benzene rings is 1. The van der Waals surface area contributed by atoms with Crippen molar-refractivity contribution in [2.24, 2.45) is 11.8 Å². The summed E-state index contributed by atoms with van der Waals surface area (Å²) in [7, 11) is 0. The van der Waals surface area contributed by atoms with Gasteiger partial charge in [-0.15, -0.1) is 0 Å². The zero-order valence-electron chi connectivity index (χ0n) is 18.9. The Morgan fingerprint density at radius 1 is 0.909 bits per heavy atom. The van der Waals surface area contributed by atoms with E-state index in [1.807, 2.05) is 30.6 Å². The van der Waals surface area contributed by atoms with E-state index in [0.29, 0.717) is 17.7 Å². The summed E-state index contributed by atoms with van der Waals surface area (Å²) < 4.78 is 8.99. The average Bonchev–Trinajstić information content (AvgIpc) is 3.38. The van der Waals surface area contributed by atoms with Gasteiger partial charge in [0.25, 0.3) is 0 Å². The van der Waals surface area contributed by atoms with Gasteiger partial charge in [-0.3, -0.25) is 9.88 Å². The third kappa shape index (κ3) is 4.00. The minimum absolute atomic E-state index is 0.0679. The second kappa shape index (κ2) is 8.60. The van der Waals surface area contributed by atoms with Crippen molar-refractivity contribution in [1.82, 2.24) is 24.4 Å². The zero-order valence-corrected chi connectivity index (χ0v) is 18.9. The first-order valence-electron chi connectivity index (χ1n) is 11.9. The van der Waals surface area contributed by atoms with Crippen molar-refractivity contribution in [3.63, 3.8) is 0 Å². The van der Waals surface area contributed by atoms with Crippen molar-refractivity contribution in [2.45, 2.75) is 38.5 Å². The fraction of sp³-hybridized carbons (Fsp3) is 0.370. The lowest BCUT2D eigenvalue weighted by atomic mass is 9.77. The Balaban J connectivity index is 1.30. The molecule has 0 bridgehead atoms. The van der Waals surface area contributed by atoms with Crippen molar-refractivity contribution in [2.75, 3.05) is 13.1 Å². The van der Waals surface area contributed by atoms with Gasteiger partial charge in [-0.05, 0) is 67.5 Å². The van der Waals surface area contributed by atoms with E-state index in [-0.39, 0.29) is 12.1 Å².